The van der Waals surface area contributed by atoms with Gasteiger partial charge in [0, 0.05) is 30.2 Å². The van der Waals surface area contributed by atoms with Crippen molar-refractivity contribution in [2.75, 3.05) is 19.6 Å². The fourth-order valence-corrected chi connectivity index (χ4v) is 3.66. The van der Waals surface area contributed by atoms with Crippen LogP contribution in [-0.4, -0.2) is 36.3 Å². The Bertz CT molecular complexity index is 779. The van der Waals surface area contributed by atoms with Crippen LogP contribution in [0.25, 0.3) is 0 Å². The number of likely N-dealkylation sites (tertiary alicyclic amines) is 1. The number of hydrogen-bond donors (Lipinski definition) is 1. The van der Waals surface area contributed by atoms with Crippen molar-refractivity contribution in [3.05, 3.63) is 70.7 Å². The van der Waals surface area contributed by atoms with Crippen molar-refractivity contribution in [2.24, 2.45) is 5.92 Å². The first-order valence-electron chi connectivity index (χ1n) is 9.50. The van der Waals surface area contributed by atoms with E-state index >= 15 is 0 Å². The molecule has 1 aliphatic rings. The van der Waals surface area contributed by atoms with E-state index in [2.05, 4.69) is 17.4 Å². The lowest BCUT2D eigenvalue weighted by Gasteiger charge is -2.32. The van der Waals surface area contributed by atoms with Gasteiger partial charge in [-0.1, -0.05) is 48.0 Å². The number of piperidine rings is 1. The molecule has 27 heavy (non-hydrogen) atoms. The van der Waals surface area contributed by atoms with Gasteiger partial charge in [-0.15, -0.1) is 0 Å². The molecule has 0 spiro atoms. The highest BCUT2D eigenvalue weighted by Crippen LogP contribution is 2.20. The van der Waals surface area contributed by atoms with Crippen LogP contribution in [0.5, 0.6) is 0 Å². The van der Waals surface area contributed by atoms with Gasteiger partial charge in [-0.2, -0.15) is 0 Å². The molecule has 1 aliphatic heterocycles. The molecule has 4 nitrogen and oxygen atoms in total. The Morgan fingerprint density at radius 2 is 1.93 bits per heavy atom. The van der Waals surface area contributed by atoms with Crippen molar-refractivity contribution in [3.63, 3.8) is 0 Å². The predicted molar refractivity (Wildman–Crippen MR) is 108 cm³/mol. The number of hydrogen-bond acceptors (Lipinski definition) is 2. The number of aryl methyl sites for hydroxylation is 1. The molecular weight excluding hydrogens is 360 g/mol. The summed E-state index contributed by atoms with van der Waals surface area (Å²) in [5.41, 5.74) is 1.86. The average molecular weight is 385 g/mol. The van der Waals surface area contributed by atoms with Crippen LogP contribution >= 0.6 is 11.6 Å². The molecule has 0 aliphatic carbocycles. The van der Waals surface area contributed by atoms with E-state index in [9.17, 15) is 9.59 Å². The number of rotatable bonds is 6. The number of nitrogens with zero attached hydrogens (tertiary/aromatic N) is 1. The van der Waals surface area contributed by atoms with Crippen molar-refractivity contribution >= 4 is 23.4 Å². The second kappa shape index (κ2) is 9.56. The Kier molecular flexibility index (Phi) is 6.88. The van der Waals surface area contributed by atoms with Gasteiger partial charge in [0.05, 0.1) is 5.92 Å². The van der Waals surface area contributed by atoms with Crippen molar-refractivity contribution in [1.82, 2.24) is 10.2 Å². The van der Waals surface area contributed by atoms with Gasteiger partial charge in [-0.25, -0.2) is 0 Å². The van der Waals surface area contributed by atoms with Crippen LogP contribution in [-0.2, 0) is 11.2 Å². The predicted octanol–water partition coefficient (Wildman–Crippen LogP) is 3.94. The standard InChI is InChI=1S/C22H25ClN2O2/c23-20-12-4-10-18(15-20)22(27)25-14-6-11-19(16-25)21(26)24-13-5-9-17-7-2-1-3-8-17/h1-4,7-8,10,12,15,19H,5-6,9,11,13-14,16H2,(H,24,26)/t19-/m1/s1. The van der Waals surface area contributed by atoms with E-state index in [1.807, 2.05) is 18.2 Å². The minimum Gasteiger partial charge on any atom is -0.356 e. The zero-order chi connectivity index (χ0) is 19.1. The van der Waals surface area contributed by atoms with Gasteiger partial charge in [-0.3, -0.25) is 9.59 Å². The Hall–Kier alpha value is -2.33. The van der Waals surface area contributed by atoms with Crippen LogP contribution in [0.15, 0.2) is 54.6 Å². The summed E-state index contributed by atoms with van der Waals surface area (Å²) >= 11 is 5.99. The molecule has 0 saturated carbocycles. The summed E-state index contributed by atoms with van der Waals surface area (Å²) < 4.78 is 0. The van der Waals surface area contributed by atoms with Gasteiger partial charge in [0.2, 0.25) is 5.91 Å². The summed E-state index contributed by atoms with van der Waals surface area (Å²) in [6.45, 7) is 1.81. The van der Waals surface area contributed by atoms with Crippen LogP contribution in [0.1, 0.15) is 35.2 Å². The molecule has 1 atom stereocenters. The molecule has 2 aromatic carbocycles. The lowest BCUT2D eigenvalue weighted by Crippen LogP contribution is -2.45. The zero-order valence-corrected chi connectivity index (χ0v) is 16.1. The molecular formula is C22H25ClN2O2. The molecule has 0 unspecified atom stereocenters. The maximum Gasteiger partial charge on any atom is 0.253 e. The fourth-order valence-electron chi connectivity index (χ4n) is 3.47. The molecule has 3 rings (SSSR count). The van der Waals surface area contributed by atoms with Gasteiger partial charge in [0.25, 0.3) is 5.91 Å². The highest BCUT2D eigenvalue weighted by Gasteiger charge is 2.28. The number of nitrogens with one attached hydrogen (secondary N) is 1. The van der Waals surface area contributed by atoms with Gasteiger partial charge in [0.1, 0.15) is 0 Å². The minimum absolute atomic E-state index is 0.0478. The molecule has 2 amide bonds. The second-order valence-electron chi connectivity index (χ2n) is 6.98. The minimum atomic E-state index is -0.140. The topological polar surface area (TPSA) is 49.4 Å². The number of benzene rings is 2. The highest BCUT2D eigenvalue weighted by molar-refractivity contribution is 6.30. The number of halogens is 1. The maximum atomic E-state index is 12.7. The second-order valence-corrected chi connectivity index (χ2v) is 7.42. The first-order chi connectivity index (χ1) is 13.1. The molecule has 1 saturated heterocycles. The quantitative estimate of drug-likeness (QED) is 0.767. The van der Waals surface area contributed by atoms with Crippen LogP contribution in [0.4, 0.5) is 0 Å². The van der Waals surface area contributed by atoms with E-state index in [1.165, 1.54) is 5.56 Å². The third-order valence-corrected chi connectivity index (χ3v) is 5.17. The summed E-state index contributed by atoms with van der Waals surface area (Å²) in [6, 6.07) is 17.2. The van der Waals surface area contributed by atoms with Gasteiger partial charge in [-0.05, 0) is 49.4 Å². The van der Waals surface area contributed by atoms with Crippen LogP contribution in [0, 0.1) is 5.92 Å². The van der Waals surface area contributed by atoms with E-state index < -0.39 is 0 Å². The Morgan fingerprint density at radius 1 is 1.11 bits per heavy atom. The number of carbonyl (C=O) groups excluding carboxylic acids is 2. The fraction of sp³-hybridized carbons (Fsp3) is 0.364. The van der Waals surface area contributed by atoms with Crippen LogP contribution in [0.3, 0.4) is 0 Å². The van der Waals surface area contributed by atoms with Crippen molar-refractivity contribution in [1.29, 1.82) is 0 Å². The van der Waals surface area contributed by atoms with Crippen molar-refractivity contribution < 1.29 is 9.59 Å². The highest BCUT2D eigenvalue weighted by atomic mass is 35.5. The largest absolute Gasteiger partial charge is 0.356 e. The van der Waals surface area contributed by atoms with E-state index in [0.29, 0.717) is 30.2 Å². The maximum absolute atomic E-state index is 12.7. The number of carbonyl (C=O) groups is 2. The first-order valence-corrected chi connectivity index (χ1v) is 9.88. The summed E-state index contributed by atoms with van der Waals surface area (Å²) in [5.74, 6) is -0.149. The lowest BCUT2D eigenvalue weighted by atomic mass is 9.96. The molecule has 1 N–H and O–H groups in total. The molecule has 5 heteroatoms. The molecule has 2 aromatic rings. The molecule has 0 radical (unpaired) electrons. The van der Waals surface area contributed by atoms with E-state index in [-0.39, 0.29) is 17.7 Å². The van der Waals surface area contributed by atoms with Gasteiger partial charge in [0.15, 0.2) is 0 Å². The summed E-state index contributed by atoms with van der Waals surface area (Å²) in [6.07, 6.45) is 3.52. The summed E-state index contributed by atoms with van der Waals surface area (Å²) in [5, 5.41) is 3.58. The van der Waals surface area contributed by atoms with Gasteiger partial charge >= 0.3 is 0 Å². The Balaban J connectivity index is 1.47. The molecule has 142 valence electrons. The third-order valence-electron chi connectivity index (χ3n) is 4.94. The van der Waals surface area contributed by atoms with Gasteiger partial charge < -0.3 is 10.2 Å². The van der Waals surface area contributed by atoms with Crippen LogP contribution < -0.4 is 5.32 Å². The normalized spacial score (nSPS) is 16.8. The van der Waals surface area contributed by atoms with E-state index in [4.69, 9.17) is 11.6 Å². The van der Waals surface area contributed by atoms with Crippen LogP contribution in [0.2, 0.25) is 5.02 Å². The summed E-state index contributed by atoms with van der Waals surface area (Å²) in [7, 11) is 0. The van der Waals surface area contributed by atoms with E-state index in [1.54, 1.807) is 29.2 Å². The average Bonchev–Trinajstić information content (AvgIpc) is 2.71. The molecule has 0 bridgehead atoms. The molecule has 0 aromatic heterocycles. The smallest absolute Gasteiger partial charge is 0.253 e. The Labute approximate surface area is 165 Å². The van der Waals surface area contributed by atoms with E-state index in [0.717, 1.165) is 25.7 Å². The molecule has 1 heterocycles. The van der Waals surface area contributed by atoms with Crippen molar-refractivity contribution in [3.8, 4) is 0 Å². The lowest BCUT2D eigenvalue weighted by molar-refractivity contribution is -0.126. The first kappa shape index (κ1) is 19.4. The Morgan fingerprint density at radius 3 is 2.70 bits per heavy atom. The monoisotopic (exact) mass is 384 g/mol. The summed E-state index contributed by atoms with van der Waals surface area (Å²) in [4.78, 5) is 26.9. The molecule has 1 fully saturated rings. The third kappa shape index (κ3) is 5.57. The number of amides is 2. The van der Waals surface area contributed by atoms with Crippen molar-refractivity contribution in [2.45, 2.75) is 25.7 Å². The SMILES string of the molecule is O=C(NCCCc1ccccc1)[C@@H]1CCCN(C(=O)c2cccc(Cl)c2)C1. The zero-order valence-electron chi connectivity index (χ0n) is 15.4.